The predicted octanol–water partition coefficient (Wildman–Crippen LogP) is 6.66. The summed E-state index contributed by atoms with van der Waals surface area (Å²) in [6.45, 7) is 13.5. The Hall–Kier alpha value is -0.426. The summed E-state index contributed by atoms with van der Waals surface area (Å²) < 4.78 is 12.9. The third kappa shape index (κ3) is 8.84. The Morgan fingerprint density at radius 3 is 2.13 bits per heavy atom. The zero-order chi connectivity index (χ0) is 17.3. The second kappa shape index (κ2) is 9.77. The molecule has 0 heterocycles. The molecule has 0 bridgehead atoms. The minimum atomic E-state index is -2.10. The van der Waals surface area contributed by atoms with Gasteiger partial charge in [0.05, 0.1) is 6.10 Å². The first kappa shape index (κ1) is 20.6. The minimum Gasteiger partial charge on any atom is -0.436 e. The van der Waals surface area contributed by atoms with Crippen molar-refractivity contribution in [3.8, 4) is 0 Å². The first-order chi connectivity index (χ1) is 10.8. The molecule has 1 aromatic carbocycles. The third-order valence-electron chi connectivity index (χ3n) is 4.13. The lowest BCUT2D eigenvalue weighted by Crippen LogP contribution is -2.46. The Bertz CT molecular complexity index is 432. The van der Waals surface area contributed by atoms with E-state index in [0.717, 1.165) is 0 Å². The van der Waals surface area contributed by atoms with Gasteiger partial charge in [0.15, 0.2) is 8.32 Å². The highest BCUT2D eigenvalue weighted by Crippen LogP contribution is 2.27. The van der Waals surface area contributed by atoms with E-state index in [9.17, 15) is 0 Å². The standard InChI is InChI=1S/C19H36O2Si2/c1-7-8-9-10-14-17-22(3,4)21-23(5,6)20-18(2)19-15-12-11-13-16-19/h11-13,15-16,18H,7-10,14,17H2,1-6H3. The molecule has 1 rings (SSSR count). The summed E-state index contributed by atoms with van der Waals surface area (Å²) in [5.41, 5.74) is 1.23. The molecule has 0 N–H and O–H groups in total. The second-order valence-electron chi connectivity index (χ2n) is 7.60. The maximum Gasteiger partial charge on any atom is 0.321 e. The predicted molar refractivity (Wildman–Crippen MR) is 106 cm³/mol. The van der Waals surface area contributed by atoms with Gasteiger partial charge < -0.3 is 8.54 Å². The van der Waals surface area contributed by atoms with Crippen LogP contribution in [0.4, 0.5) is 0 Å². The summed E-state index contributed by atoms with van der Waals surface area (Å²) in [4.78, 5) is 0. The third-order valence-corrected chi connectivity index (χ3v) is 10.8. The van der Waals surface area contributed by atoms with Crippen LogP contribution in [0.15, 0.2) is 30.3 Å². The van der Waals surface area contributed by atoms with Gasteiger partial charge in [-0.05, 0) is 44.7 Å². The molecule has 0 amide bonds. The lowest BCUT2D eigenvalue weighted by molar-refractivity contribution is 0.173. The summed E-state index contributed by atoms with van der Waals surface area (Å²) in [6, 6.07) is 11.7. The average Bonchev–Trinajstić information content (AvgIpc) is 2.46. The Balaban J connectivity index is 2.45. The van der Waals surface area contributed by atoms with Gasteiger partial charge in [0.1, 0.15) is 0 Å². The van der Waals surface area contributed by atoms with Gasteiger partial charge in [-0.25, -0.2) is 0 Å². The van der Waals surface area contributed by atoms with Gasteiger partial charge in [0, 0.05) is 0 Å². The van der Waals surface area contributed by atoms with Crippen LogP contribution in [0.25, 0.3) is 0 Å². The zero-order valence-corrected chi connectivity index (χ0v) is 18.0. The smallest absolute Gasteiger partial charge is 0.321 e. The van der Waals surface area contributed by atoms with Crippen LogP contribution >= 0.6 is 0 Å². The first-order valence-corrected chi connectivity index (χ1v) is 15.1. The van der Waals surface area contributed by atoms with E-state index in [1.807, 2.05) is 6.07 Å². The van der Waals surface area contributed by atoms with E-state index >= 15 is 0 Å². The molecule has 0 fully saturated rings. The van der Waals surface area contributed by atoms with Gasteiger partial charge in [0.25, 0.3) is 0 Å². The molecule has 0 saturated carbocycles. The maximum absolute atomic E-state index is 6.58. The van der Waals surface area contributed by atoms with Crippen molar-refractivity contribution in [1.29, 1.82) is 0 Å². The number of hydrogen-bond donors (Lipinski definition) is 0. The lowest BCUT2D eigenvalue weighted by atomic mass is 10.1. The molecule has 1 atom stereocenters. The van der Waals surface area contributed by atoms with Gasteiger partial charge in [-0.1, -0.05) is 69.4 Å². The van der Waals surface area contributed by atoms with Crippen LogP contribution in [0.2, 0.25) is 32.2 Å². The molecule has 0 spiro atoms. The van der Waals surface area contributed by atoms with Crippen molar-refractivity contribution < 1.29 is 8.54 Å². The SMILES string of the molecule is CCCCCCC[Si](C)(C)O[Si](C)(C)OC(C)c1ccccc1. The van der Waals surface area contributed by atoms with Crippen molar-refractivity contribution in [2.45, 2.75) is 84.3 Å². The molecule has 0 aromatic heterocycles. The molecular weight excluding hydrogens is 316 g/mol. The van der Waals surface area contributed by atoms with E-state index in [4.69, 9.17) is 8.54 Å². The quantitative estimate of drug-likeness (QED) is 0.327. The Labute approximate surface area is 146 Å². The van der Waals surface area contributed by atoms with Crippen LogP contribution in [0.1, 0.15) is 57.6 Å². The highest BCUT2D eigenvalue weighted by atomic mass is 28.4. The summed E-state index contributed by atoms with van der Waals surface area (Å²) in [5, 5.41) is 0. The number of unbranched alkanes of at least 4 members (excludes halogenated alkanes) is 4. The van der Waals surface area contributed by atoms with Gasteiger partial charge >= 0.3 is 8.56 Å². The first-order valence-electron chi connectivity index (χ1n) is 9.19. The van der Waals surface area contributed by atoms with E-state index in [0.29, 0.717) is 0 Å². The van der Waals surface area contributed by atoms with E-state index in [1.165, 1.54) is 43.7 Å². The van der Waals surface area contributed by atoms with Crippen LogP contribution in [-0.2, 0) is 8.54 Å². The molecule has 23 heavy (non-hydrogen) atoms. The summed E-state index contributed by atoms with van der Waals surface area (Å²) in [6.07, 6.45) is 6.79. The van der Waals surface area contributed by atoms with Crippen LogP contribution in [0.5, 0.6) is 0 Å². The highest BCUT2D eigenvalue weighted by molar-refractivity contribution is 6.82. The Morgan fingerprint density at radius 1 is 0.913 bits per heavy atom. The number of benzene rings is 1. The van der Waals surface area contributed by atoms with Gasteiger partial charge in [-0.15, -0.1) is 0 Å². The van der Waals surface area contributed by atoms with Gasteiger partial charge in [0.2, 0.25) is 0 Å². The van der Waals surface area contributed by atoms with Crippen molar-refractivity contribution in [2.24, 2.45) is 0 Å². The molecule has 0 aliphatic heterocycles. The van der Waals surface area contributed by atoms with Crippen LogP contribution in [-0.4, -0.2) is 16.9 Å². The maximum atomic E-state index is 6.58. The lowest BCUT2D eigenvalue weighted by Gasteiger charge is -2.35. The van der Waals surface area contributed by atoms with E-state index in [2.05, 4.69) is 64.3 Å². The number of hydrogen-bond acceptors (Lipinski definition) is 2. The fourth-order valence-corrected chi connectivity index (χ4v) is 11.1. The van der Waals surface area contributed by atoms with Crippen molar-refractivity contribution in [1.82, 2.24) is 0 Å². The van der Waals surface area contributed by atoms with E-state index in [-0.39, 0.29) is 6.10 Å². The summed E-state index contributed by atoms with van der Waals surface area (Å²) >= 11 is 0. The van der Waals surface area contributed by atoms with E-state index in [1.54, 1.807) is 0 Å². The molecule has 1 aromatic rings. The summed E-state index contributed by atoms with van der Waals surface area (Å²) in [5.74, 6) is 0. The average molecular weight is 353 g/mol. The monoisotopic (exact) mass is 352 g/mol. The fraction of sp³-hybridized carbons (Fsp3) is 0.684. The molecule has 0 aliphatic carbocycles. The van der Waals surface area contributed by atoms with Crippen molar-refractivity contribution >= 4 is 16.9 Å². The van der Waals surface area contributed by atoms with Gasteiger partial charge in [-0.2, -0.15) is 0 Å². The molecule has 0 saturated heterocycles. The highest BCUT2D eigenvalue weighted by Gasteiger charge is 2.35. The van der Waals surface area contributed by atoms with Crippen LogP contribution in [0, 0.1) is 0 Å². The summed E-state index contributed by atoms with van der Waals surface area (Å²) in [7, 11) is -3.73. The molecule has 1 unspecified atom stereocenters. The molecule has 0 aliphatic rings. The topological polar surface area (TPSA) is 18.5 Å². The number of rotatable bonds is 11. The van der Waals surface area contributed by atoms with Crippen molar-refractivity contribution in [2.75, 3.05) is 0 Å². The van der Waals surface area contributed by atoms with Crippen molar-refractivity contribution in [3.05, 3.63) is 35.9 Å². The molecule has 4 heteroatoms. The second-order valence-corrected chi connectivity index (χ2v) is 15.5. The Kier molecular flexibility index (Phi) is 8.76. The van der Waals surface area contributed by atoms with Gasteiger partial charge in [-0.3, -0.25) is 0 Å². The van der Waals surface area contributed by atoms with Crippen LogP contribution in [0.3, 0.4) is 0 Å². The zero-order valence-electron chi connectivity index (χ0n) is 16.0. The van der Waals surface area contributed by atoms with Crippen LogP contribution < -0.4 is 0 Å². The minimum absolute atomic E-state index is 0.104. The fourth-order valence-electron chi connectivity index (χ4n) is 3.11. The normalized spacial score (nSPS) is 14.0. The molecule has 2 nitrogen and oxygen atoms in total. The largest absolute Gasteiger partial charge is 0.436 e. The molecule has 0 radical (unpaired) electrons. The van der Waals surface area contributed by atoms with E-state index < -0.39 is 16.9 Å². The molecule has 132 valence electrons. The van der Waals surface area contributed by atoms with Crippen molar-refractivity contribution in [3.63, 3.8) is 0 Å². The molecular formula is C19H36O2Si2. The Morgan fingerprint density at radius 2 is 1.52 bits per heavy atom.